The molecule has 0 atom stereocenters. The lowest BCUT2D eigenvalue weighted by Gasteiger charge is -2.19. The molecule has 0 unspecified atom stereocenters. The molecule has 3 heteroatoms. The second-order valence-corrected chi connectivity index (χ2v) is 4.91. The summed E-state index contributed by atoms with van der Waals surface area (Å²) in [7, 11) is 0. The molecule has 1 amide bonds. The van der Waals surface area contributed by atoms with E-state index in [9.17, 15) is 4.79 Å². The van der Waals surface area contributed by atoms with E-state index in [1.165, 1.54) is 11.3 Å². The minimum atomic E-state index is -0.281. The lowest BCUT2D eigenvalue weighted by molar-refractivity contribution is -0.111. The number of nitrogens with one attached hydrogen (secondary N) is 1. The maximum atomic E-state index is 11.4. The van der Waals surface area contributed by atoms with Crippen LogP contribution in [0.5, 0.6) is 0 Å². The van der Waals surface area contributed by atoms with Crippen LogP contribution in [0, 0.1) is 11.8 Å². The maximum Gasteiger partial charge on any atom is 0.300 e. The molecule has 0 bridgehead atoms. The normalized spacial score (nSPS) is 12.3. The molecule has 3 rings (SSSR count). The van der Waals surface area contributed by atoms with Crippen LogP contribution >= 0.6 is 0 Å². The summed E-state index contributed by atoms with van der Waals surface area (Å²) in [6, 6.07) is 16.3. The van der Waals surface area contributed by atoms with E-state index in [0.29, 0.717) is 0 Å². The molecular formula is C18H16N2O. The molecule has 1 aliphatic heterocycles. The van der Waals surface area contributed by atoms with Crippen molar-refractivity contribution < 1.29 is 4.79 Å². The summed E-state index contributed by atoms with van der Waals surface area (Å²) in [5, 5.41) is 2.75. The van der Waals surface area contributed by atoms with Crippen LogP contribution in [-0.2, 0) is 11.2 Å². The summed E-state index contributed by atoms with van der Waals surface area (Å²) >= 11 is 0. The van der Waals surface area contributed by atoms with Gasteiger partial charge >= 0.3 is 0 Å². The zero-order valence-electron chi connectivity index (χ0n) is 11.9. The molecule has 1 aliphatic rings. The molecule has 1 N–H and O–H groups in total. The zero-order chi connectivity index (χ0) is 14.7. The van der Waals surface area contributed by atoms with E-state index < -0.39 is 0 Å². The van der Waals surface area contributed by atoms with Gasteiger partial charge in [0.1, 0.15) is 0 Å². The second-order valence-electron chi connectivity index (χ2n) is 4.91. The molecule has 0 radical (unpaired) electrons. The fourth-order valence-electron chi connectivity index (χ4n) is 2.61. The number of fused-ring (bicyclic) bond motifs is 1. The predicted octanol–water partition coefficient (Wildman–Crippen LogP) is 3.34. The van der Waals surface area contributed by atoms with E-state index in [0.717, 1.165) is 24.3 Å². The summed E-state index contributed by atoms with van der Waals surface area (Å²) in [4.78, 5) is 13.7. The number of carbonyl (C=O) groups excluding carboxylic acids is 1. The van der Waals surface area contributed by atoms with E-state index in [1.54, 1.807) is 6.92 Å². The Hall–Kier alpha value is -2.73. The topological polar surface area (TPSA) is 32.3 Å². The van der Waals surface area contributed by atoms with Crippen LogP contribution in [0.15, 0.2) is 48.5 Å². The number of hydrogen-bond donors (Lipinski definition) is 1. The van der Waals surface area contributed by atoms with Crippen molar-refractivity contribution in [2.75, 3.05) is 16.8 Å². The highest BCUT2D eigenvalue weighted by atomic mass is 16.1. The summed E-state index contributed by atoms with van der Waals surface area (Å²) in [5.74, 6) is 4.77. The Morgan fingerprint density at radius 3 is 2.67 bits per heavy atom. The Morgan fingerprint density at radius 1 is 1.14 bits per heavy atom. The molecule has 0 saturated carbocycles. The number of amides is 1. The van der Waals surface area contributed by atoms with Gasteiger partial charge in [0.2, 0.25) is 0 Å². The summed E-state index contributed by atoms with van der Waals surface area (Å²) in [6.07, 6.45) is 1.07. The van der Waals surface area contributed by atoms with Crippen molar-refractivity contribution >= 4 is 23.0 Å². The van der Waals surface area contributed by atoms with Gasteiger partial charge in [0.25, 0.3) is 5.91 Å². The van der Waals surface area contributed by atoms with Gasteiger partial charge in [-0.2, -0.15) is 0 Å². The van der Waals surface area contributed by atoms with E-state index in [1.807, 2.05) is 24.3 Å². The molecule has 2 aromatic carbocycles. The molecule has 0 spiro atoms. The van der Waals surface area contributed by atoms with Gasteiger partial charge < -0.3 is 10.2 Å². The molecule has 0 aliphatic carbocycles. The van der Waals surface area contributed by atoms with Crippen molar-refractivity contribution in [1.29, 1.82) is 0 Å². The molecule has 0 saturated heterocycles. The summed E-state index contributed by atoms with van der Waals surface area (Å²) < 4.78 is 0. The zero-order valence-corrected chi connectivity index (χ0v) is 11.9. The van der Waals surface area contributed by atoms with Crippen LogP contribution < -0.4 is 10.2 Å². The summed E-state index contributed by atoms with van der Waals surface area (Å²) in [6.45, 7) is 2.64. The monoisotopic (exact) mass is 276 g/mol. The standard InChI is InChI=1S/C18H16N2O/c1-2-5-18(21)19-15-8-10-16(11-9-15)20-13-12-14-6-3-4-7-17(14)20/h3-4,6-11H,12-13H2,1H3,(H,19,21). The number of benzene rings is 2. The van der Waals surface area contributed by atoms with Crippen LogP contribution in [0.4, 0.5) is 17.1 Å². The number of hydrogen-bond acceptors (Lipinski definition) is 2. The first-order chi connectivity index (χ1) is 10.3. The quantitative estimate of drug-likeness (QED) is 0.853. The number of nitrogens with zero attached hydrogens (tertiary/aromatic N) is 1. The molecule has 104 valence electrons. The highest BCUT2D eigenvalue weighted by molar-refractivity contribution is 6.03. The molecule has 2 aromatic rings. The highest BCUT2D eigenvalue weighted by Crippen LogP contribution is 2.34. The smallest absolute Gasteiger partial charge is 0.300 e. The van der Waals surface area contributed by atoms with Crippen LogP contribution in [-0.4, -0.2) is 12.5 Å². The molecule has 1 heterocycles. The van der Waals surface area contributed by atoms with Crippen molar-refractivity contribution in [2.45, 2.75) is 13.3 Å². The average molecular weight is 276 g/mol. The lowest BCUT2D eigenvalue weighted by atomic mass is 10.2. The van der Waals surface area contributed by atoms with Gasteiger partial charge in [-0.05, 0) is 55.2 Å². The fraction of sp³-hybridized carbons (Fsp3) is 0.167. The van der Waals surface area contributed by atoms with E-state index in [2.05, 4.69) is 46.3 Å². The van der Waals surface area contributed by atoms with Gasteiger partial charge in [-0.1, -0.05) is 24.1 Å². The third-order valence-electron chi connectivity index (χ3n) is 3.56. The van der Waals surface area contributed by atoms with Crippen molar-refractivity contribution in [2.24, 2.45) is 0 Å². The molecule has 0 aromatic heterocycles. The van der Waals surface area contributed by atoms with E-state index in [4.69, 9.17) is 0 Å². The van der Waals surface area contributed by atoms with E-state index >= 15 is 0 Å². The molecule has 21 heavy (non-hydrogen) atoms. The first-order valence-electron chi connectivity index (χ1n) is 6.97. The predicted molar refractivity (Wildman–Crippen MR) is 85.7 cm³/mol. The number of rotatable bonds is 2. The van der Waals surface area contributed by atoms with Crippen molar-refractivity contribution in [3.05, 3.63) is 54.1 Å². The highest BCUT2D eigenvalue weighted by Gasteiger charge is 2.19. The summed E-state index contributed by atoms with van der Waals surface area (Å²) in [5.41, 5.74) is 4.55. The first kappa shape index (κ1) is 13.3. The Labute approximate surface area is 124 Å². The van der Waals surface area contributed by atoms with E-state index in [-0.39, 0.29) is 5.91 Å². The second kappa shape index (κ2) is 5.72. The van der Waals surface area contributed by atoms with Gasteiger partial charge in [-0.15, -0.1) is 0 Å². The largest absolute Gasteiger partial charge is 0.341 e. The minimum Gasteiger partial charge on any atom is -0.341 e. The van der Waals surface area contributed by atoms with Gasteiger partial charge in [0, 0.05) is 23.6 Å². The third-order valence-corrected chi connectivity index (χ3v) is 3.56. The van der Waals surface area contributed by atoms with Crippen molar-refractivity contribution in [3.63, 3.8) is 0 Å². The van der Waals surface area contributed by atoms with Gasteiger partial charge in [0.15, 0.2) is 0 Å². The van der Waals surface area contributed by atoms with Crippen LogP contribution in [0.2, 0.25) is 0 Å². The molecule has 3 nitrogen and oxygen atoms in total. The Morgan fingerprint density at radius 2 is 1.90 bits per heavy atom. The molecular weight excluding hydrogens is 260 g/mol. The van der Waals surface area contributed by atoms with Crippen molar-refractivity contribution in [3.8, 4) is 11.8 Å². The molecule has 0 fully saturated rings. The van der Waals surface area contributed by atoms with Crippen LogP contribution in [0.3, 0.4) is 0 Å². The lowest BCUT2D eigenvalue weighted by Crippen LogP contribution is -2.13. The first-order valence-corrected chi connectivity index (χ1v) is 6.97. The average Bonchev–Trinajstić information content (AvgIpc) is 2.92. The minimum absolute atomic E-state index is 0.281. The number of carbonyl (C=O) groups is 1. The van der Waals surface area contributed by atoms with Crippen molar-refractivity contribution in [1.82, 2.24) is 0 Å². The SMILES string of the molecule is CC#CC(=O)Nc1ccc(N2CCc3ccccc32)cc1. The Bertz CT molecular complexity index is 723. The Balaban J connectivity index is 1.79. The fourth-order valence-corrected chi connectivity index (χ4v) is 2.61. The van der Waals surface area contributed by atoms with Gasteiger partial charge in [-0.3, -0.25) is 4.79 Å². The third kappa shape index (κ3) is 2.75. The number of anilines is 3. The Kier molecular flexibility index (Phi) is 3.61. The van der Waals surface area contributed by atoms with Gasteiger partial charge in [-0.25, -0.2) is 0 Å². The number of para-hydroxylation sites is 1. The van der Waals surface area contributed by atoms with Crippen LogP contribution in [0.1, 0.15) is 12.5 Å². The van der Waals surface area contributed by atoms with Gasteiger partial charge in [0.05, 0.1) is 0 Å². The van der Waals surface area contributed by atoms with Crippen LogP contribution in [0.25, 0.3) is 0 Å². The maximum absolute atomic E-state index is 11.4.